The molecule has 0 aliphatic rings. The third-order valence-electron chi connectivity index (χ3n) is 3.46. The Bertz CT molecular complexity index is 856. The maximum Gasteiger partial charge on any atom is 0.205 e. The monoisotopic (exact) mass is 316 g/mol. The molecule has 106 valence electrons. The summed E-state index contributed by atoms with van der Waals surface area (Å²) in [6.45, 7) is 3.75. The van der Waals surface area contributed by atoms with Gasteiger partial charge in [0.1, 0.15) is 9.71 Å². The molecule has 2 aromatic heterocycles. The normalized spacial score (nSPS) is 11.0. The zero-order valence-corrected chi connectivity index (χ0v) is 13.2. The topological polar surface area (TPSA) is 56.0 Å². The van der Waals surface area contributed by atoms with Crippen molar-refractivity contribution in [2.75, 3.05) is 5.73 Å². The van der Waals surface area contributed by atoms with Crippen LogP contribution >= 0.6 is 22.9 Å². The van der Waals surface area contributed by atoms with E-state index in [-0.39, 0.29) is 5.78 Å². The Labute approximate surface area is 131 Å². The van der Waals surface area contributed by atoms with E-state index in [1.54, 1.807) is 12.1 Å². The Morgan fingerprint density at radius 3 is 2.57 bits per heavy atom. The highest BCUT2D eigenvalue weighted by molar-refractivity contribution is 7.21. The van der Waals surface area contributed by atoms with E-state index in [1.807, 2.05) is 32.0 Å². The van der Waals surface area contributed by atoms with Crippen LogP contribution in [0.1, 0.15) is 26.5 Å². The van der Waals surface area contributed by atoms with Crippen molar-refractivity contribution in [3.63, 3.8) is 0 Å². The first-order chi connectivity index (χ1) is 10.0. The van der Waals surface area contributed by atoms with Gasteiger partial charge in [0.2, 0.25) is 5.78 Å². The molecular formula is C16H13ClN2OS. The van der Waals surface area contributed by atoms with Gasteiger partial charge in [-0.05, 0) is 19.4 Å². The predicted molar refractivity (Wildman–Crippen MR) is 88.4 cm³/mol. The number of fused-ring (bicyclic) bond motifs is 1. The molecule has 0 unspecified atom stereocenters. The van der Waals surface area contributed by atoms with Crippen LogP contribution in [0, 0.1) is 13.8 Å². The Morgan fingerprint density at radius 2 is 1.90 bits per heavy atom. The van der Waals surface area contributed by atoms with Crippen LogP contribution in [-0.4, -0.2) is 10.8 Å². The lowest BCUT2D eigenvalue weighted by atomic mass is 10.1. The second-order valence-corrected chi connectivity index (χ2v) is 6.23. The third-order valence-corrected chi connectivity index (χ3v) is 5.12. The van der Waals surface area contributed by atoms with Gasteiger partial charge in [-0.1, -0.05) is 41.9 Å². The SMILES string of the molecule is Cc1nc2sc(C(=O)c3ccccc3)c(N)c2c(C)c1Cl. The van der Waals surface area contributed by atoms with Crippen molar-refractivity contribution in [1.82, 2.24) is 4.98 Å². The number of anilines is 1. The number of nitrogen functional groups attached to an aromatic ring is 1. The van der Waals surface area contributed by atoms with Crippen LogP contribution in [-0.2, 0) is 0 Å². The van der Waals surface area contributed by atoms with Crippen LogP contribution in [0.25, 0.3) is 10.2 Å². The highest BCUT2D eigenvalue weighted by Gasteiger charge is 2.21. The molecule has 0 atom stereocenters. The summed E-state index contributed by atoms with van der Waals surface area (Å²) in [4.78, 5) is 18.3. The lowest BCUT2D eigenvalue weighted by Crippen LogP contribution is -2.01. The van der Waals surface area contributed by atoms with Crippen LogP contribution < -0.4 is 5.73 Å². The fourth-order valence-corrected chi connectivity index (χ4v) is 3.64. The van der Waals surface area contributed by atoms with E-state index in [0.717, 1.165) is 21.5 Å². The third kappa shape index (κ3) is 2.20. The molecule has 0 amide bonds. The van der Waals surface area contributed by atoms with Gasteiger partial charge in [0.05, 0.1) is 16.4 Å². The van der Waals surface area contributed by atoms with Crippen LogP contribution in [0.2, 0.25) is 5.02 Å². The maximum absolute atomic E-state index is 12.6. The first-order valence-corrected chi connectivity index (χ1v) is 7.64. The highest BCUT2D eigenvalue weighted by atomic mass is 35.5. The van der Waals surface area contributed by atoms with Gasteiger partial charge in [-0.25, -0.2) is 4.98 Å². The number of hydrogen-bond donors (Lipinski definition) is 1. The van der Waals surface area contributed by atoms with Gasteiger partial charge in [0.15, 0.2) is 0 Å². The first kappa shape index (κ1) is 14.0. The van der Waals surface area contributed by atoms with E-state index in [9.17, 15) is 4.79 Å². The van der Waals surface area contributed by atoms with E-state index in [0.29, 0.717) is 21.2 Å². The second kappa shape index (κ2) is 5.13. The van der Waals surface area contributed by atoms with Crippen molar-refractivity contribution >= 4 is 44.6 Å². The molecule has 5 heteroatoms. The molecule has 2 heterocycles. The smallest absolute Gasteiger partial charge is 0.205 e. The molecular weight excluding hydrogens is 304 g/mol. The summed E-state index contributed by atoms with van der Waals surface area (Å²) in [5.41, 5.74) is 8.90. The van der Waals surface area contributed by atoms with Gasteiger partial charge in [0, 0.05) is 10.9 Å². The maximum atomic E-state index is 12.6. The largest absolute Gasteiger partial charge is 0.397 e. The zero-order chi connectivity index (χ0) is 15.1. The lowest BCUT2D eigenvalue weighted by molar-refractivity contribution is 0.104. The number of rotatable bonds is 2. The molecule has 21 heavy (non-hydrogen) atoms. The Morgan fingerprint density at radius 1 is 1.24 bits per heavy atom. The molecule has 0 aliphatic carbocycles. The molecule has 0 radical (unpaired) electrons. The molecule has 1 aromatic carbocycles. The predicted octanol–water partition coefficient (Wildman–Crippen LogP) is 4.38. The number of carbonyl (C=O) groups is 1. The van der Waals surface area contributed by atoms with Crippen molar-refractivity contribution in [3.8, 4) is 0 Å². The molecule has 0 saturated carbocycles. The van der Waals surface area contributed by atoms with Crippen molar-refractivity contribution in [2.45, 2.75) is 13.8 Å². The van der Waals surface area contributed by atoms with Crippen LogP contribution in [0.3, 0.4) is 0 Å². The van der Waals surface area contributed by atoms with Crippen molar-refractivity contribution < 1.29 is 4.79 Å². The van der Waals surface area contributed by atoms with Crippen molar-refractivity contribution in [2.24, 2.45) is 0 Å². The average molecular weight is 317 g/mol. The van der Waals surface area contributed by atoms with Gasteiger partial charge >= 0.3 is 0 Å². The fourth-order valence-electron chi connectivity index (χ4n) is 2.34. The molecule has 3 aromatic rings. The highest BCUT2D eigenvalue weighted by Crippen LogP contribution is 2.39. The number of hydrogen-bond acceptors (Lipinski definition) is 4. The molecule has 3 nitrogen and oxygen atoms in total. The van der Waals surface area contributed by atoms with Crippen LogP contribution in [0.15, 0.2) is 30.3 Å². The summed E-state index contributed by atoms with van der Waals surface area (Å²) in [7, 11) is 0. The van der Waals surface area contributed by atoms with Gasteiger partial charge in [-0.15, -0.1) is 11.3 Å². The van der Waals surface area contributed by atoms with Gasteiger partial charge < -0.3 is 5.73 Å². The minimum Gasteiger partial charge on any atom is -0.397 e. The van der Waals surface area contributed by atoms with Crippen LogP contribution in [0.4, 0.5) is 5.69 Å². The summed E-state index contributed by atoms with van der Waals surface area (Å²) < 4.78 is 0. The van der Waals surface area contributed by atoms with Gasteiger partial charge in [-0.3, -0.25) is 4.79 Å². The second-order valence-electron chi connectivity index (χ2n) is 4.86. The van der Waals surface area contributed by atoms with E-state index in [1.165, 1.54) is 11.3 Å². The quantitative estimate of drug-likeness (QED) is 0.714. The van der Waals surface area contributed by atoms with E-state index < -0.39 is 0 Å². The lowest BCUT2D eigenvalue weighted by Gasteiger charge is -2.04. The zero-order valence-electron chi connectivity index (χ0n) is 11.6. The number of aromatic nitrogens is 1. The minimum atomic E-state index is -0.0794. The number of benzene rings is 1. The van der Waals surface area contributed by atoms with Gasteiger partial charge in [0.25, 0.3) is 0 Å². The number of aryl methyl sites for hydroxylation is 2. The molecule has 2 N–H and O–H groups in total. The number of nitrogens with zero attached hydrogens (tertiary/aromatic N) is 1. The number of ketones is 1. The Hall–Kier alpha value is -1.91. The first-order valence-electron chi connectivity index (χ1n) is 6.45. The summed E-state index contributed by atoms with van der Waals surface area (Å²) in [6.07, 6.45) is 0. The molecule has 0 saturated heterocycles. The van der Waals surface area contributed by atoms with Crippen LogP contribution in [0.5, 0.6) is 0 Å². The number of carbonyl (C=O) groups excluding carboxylic acids is 1. The average Bonchev–Trinajstić information content (AvgIpc) is 2.82. The molecule has 3 rings (SSSR count). The number of halogens is 1. The summed E-state index contributed by atoms with van der Waals surface area (Å²) >= 11 is 7.56. The summed E-state index contributed by atoms with van der Waals surface area (Å²) in [5, 5.41) is 1.39. The van der Waals surface area contributed by atoms with E-state index in [2.05, 4.69) is 4.98 Å². The number of pyridine rings is 1. The summed E-state index contributed by atoms with van der Waals surface area (Å²) in [5.74, 6) is -0.0794. The minimum absolute atomic E-state index is 0.0794. The van der Waals surface area contributed by atoms with Gasteiger partial charge in [-0.2, -0.15) is 0 Å². The standard InChI is InChI=1S/C16H13ClN2OS/c1-8-11-13(18)15(14(20)10-6-4-3-5-7-10)21-16(11)19-9(2)12(8)17/h3-7H,18H2,1-2H3. The fraction of sp³-hybridized carbons (Fsp3) is 0.125. The Balaban J connectivity index is 2.24. The van der Waals surface area contributed by atoms with Crippen molar-refractivity contribution in [3.05, 3.63) is 57.1 Å². The van der Waals surface area contributed by atoms with E-state index >= 15 is 0 Å². The molecule has 0 aliphatic heterocycles. The van der Waals surface area contributed by atoms with Crippen molar-refractivity contribution in [1.29, 1.82) is 0 Å². The molecule has 0 spiro atoms. The Kier molecular flexibility index (Phi) is 3.43. The molecule has 0 bridgehead atoms. The molecule has 0 fully saturated rings. The summed E-state index contributed by atoms with van der Waals surface area (Å²) in [6, 6.07) is 9.11. The van der Waals surface area contributed by atoms with E-state index in [4.69, 9.17) is 17.3 Å². The number of thiophene rings is 1. The number of nitrogens with two attached hydrogens (primary N) is 1.